The second-order valence-corrected chi connectivity index (χ2v) is 9.48. The molecular formula is C29H30N2O3. The molecule has 0 saturated heterocycles. The van der Waals surface area contributed by atoms with Crippen molar-refractivity contribution >= 4 is 23.4 Å². The second kappa shape index (κ2) is 9.72. The lowest BCUT2D eigenvalue weighted by atomic mass is 9.77. The standard InChI is InChI=1S/C29H30N2O3/c32-28(33)18-20-6-8-21(9-7-20)22-10-12-23(13-11-22)24-14-15-27-25(19-24)16-17-31(27)29(34)30-26-4-2-1-3-5-26/h1-5,10-15,19-21H,6-9,16-18H2,(H,30,34)(H,32,33). The summed E-state index contributed by atoms with van der Waals surface area (Å²) in [6, 6.07) is 24.6. The number of anilines is 2. The zero-order valence-corrected chi connectivity index (χ0v) is 19.2. The number of hydrogen-bond donors (Lipinski definition) is 2. The highest BCUT2D eigenvalue weighted by Crippen LogP contribution is 2.38. The average Bonchev–Trinajstić information content (AvgIpc) is 3.28. The number of nitrogens with one attached hydrogen (secondary N) is 1. The van der Waals surface area contributed by atoms with Crippen LogP contribution in [-0.2, 0) is 11.2 Å². The summed E-state index contributed by atoms with van der Waals surface area (Å²) in [5, 5.41) is 12.0. The van der Waals surface area contributed by atoms with Gasteiger partial charge in [0.25, 0.3) is 0 Å². The van der Waals surface area contributed by atoms with Gasteiger partial charge in [-0.15, -0.1) is 0 Å². The Kier molecular flexibility index (Phi) is 6.35. The van der Waals surface area contributed by atoms with Crippen molar-refractivity contribution in [2.24, 2.45) is 5.92 Å². The minimum atomic E-state index is -0.679. The van der Waals surface area contributed by atoms with Crippen molar-refractivity contribution in [2.45, 2.75) is 44.4 Å². The number of rotatable bonds is 5. The number of carboxylic acid groups (broad SMARTS) is 1. The molecule has 1 fully saturated rings. The maximum atomic E-state index is 12.8. The van der Waals surface area contributed by atoms with E-state index >= 15 is 0 Å². The summed E-state index contributed by atoms with van der Waals surface area (Å²) in [6.07, 6.45) is 5.28. The summed E-state index contributed by atoms with van der Waals surface area (Å²) in [5.74, 6) is 0.173. The first-order valence-corrected chi connectivity index (χ1v) is 12.2. The van der Waals surface area contributed by atoms with E-state index in [1.807, 2.05) is 35.2 Å². The van der Waals surface area contributed by atoms with E-state index in [1.165, 1.54) is 22.3 Å². The van der Waals surface area contributed by atoms with Crippen molar-refractivity contribution < 1.29 is 14.7 Å². The SMILES string of the molecule is O=C(O)CC1CCC(c2ccc(-c3ccc4c(c3)CCN4C(=O)Nc3ccccc3)cc2)CC1. The molecule has 2 N–H and O–H groups in total. The fourth-order valence-corrected chi connectivity index (χ4v) is 5.40. The fourth-order valence-electron chi connectivity index (χ4n) is 5.40. The first-order valence-electron chi connectivity index (χ1n) is 12.2. The average molecular weight is 455 g/mol. The summed E-state index contributed by atoms with van der Waals surface area (Å²) in [6.45, 7) is 0.681. The fraction of sp³-hybridized carbons (Fsp3) is 0.310. The van der Waals surface area contributed by atoms with Crippen LogP contribution in [0.5, 0.6) is 0 Å². The van der Waals surface area contributed by atoms with Gasteiger partial charge in [-0.3, -0.25) is 9.69 Å². The Labute approximate surface area is 200 Å². The number of urea groups is 1. The molecule has 0 unspecified atom stereocenters. The summed E-state index contributed by atoms with van der Waals surface area (Å²) in [4.78, 5) is 25.6. The number of amides is 2. The van der Waals surface area contributed by atoms with E-state index < -0.39 is 5.97 Å². The van der Waals surface area contributed by atoms with Gasteiger partial charge in [-0.05, 0) is 90.5 Å². The number of aliphatic carboxylic acids is 1. The third-order valence-electron chi connectivity index (χ3n) is 7.27. The zero-order valence-electron chi connectivity index (χ0n) is 19.2. The molecule has 174 valence electrons. The van der Waals surface area contributed by atoms with Crippen LogP contribution in [0, 0.1) is 5.92 Å². The molecule has 0 bridgehead atoms. The van der Waals surface area contributed by atoms with E-state index in [1.54, 1.807) is 0 Å². The molecule has 0 spiro atoms. The van der Waals surface area contributed by atoms with Crippen LogP contribution in [0.4, 0.5) is 16.2 Å². The lowest BCUT2D eigenvalue weighted by Gasteiger charge is -2.28. The normalized spacial score (nSPS) is 19.5. The second-order valence-electron chi connectivity index (χ2n) is 9.48. The predicted molar refractivity (Wildman–Crippen MR) is 135 cm³/mol. The van der Waals surface area contributed by atoms with Crippen molar-refractivity contribution in [3.05, 3.63) is 83.9 Å². The molecule has 1 saturated carbocycles. The Bertz CT molecular complexity index is 1170. The molecule has 5 rings (SSSR count). The minimum Gasteiger partial charge on any atom is -0.481 e. The lowest BCUT2D eigenvalue weighted by Crippen LogP contribution is -2.33. The van der Waals surface area contributed by atoms with E-state index in [4.69, 9.17) is 5.11 Å². The number of nitrogens with zero attached hydrogens (tertiary/aromatic N) is 1. The molecule has 5 heteroatoms. The van der Waals surface area contributed by atoms with Gasteiger partial charge in [0.1, 0.15) is 0 Å². The zero-order chi connectivity index (χ0) is 23.5. The van der Waals surface area contributed by atoms with Gasteiger partial charge in [0.15, 0.2) is 0 Å². The summed E-state index contributed by atoms with van der Waals surface area (Å²) in [7, 11) is 0. The molecular weight excluding hydrogens is 424 g/mol. The molecule has 1 heterocycles. The molecule has 1 aliphatic heterocycles. The molecule has 2 amide bonds. The van der Waals surface area contributed by atoms with Crippen molar-refractivity contribution in [3.63, 3.8) is 0 Å². The van der Waals surface area contributed by atoms with Crippen LogP contribution in [0.15, 0.2) is 72.8 Å². The van der Waals surface area contributed by atoms with Gasteiger partial charge >= 0.3 is 12.0 Å². The molecule has 0 aromatic heterocycles. The van der Waals surface area contributed by atoms with Crippen LogP contribution < -0.4 is 10.2 Å². The summed E-state index contributed by atoms with van der Waals surface area (Å²) >= 11 is 0. The Morgan fingerprint density at radius 2 is 1.59 bits per heavy atom. The predicted octanol–water partition coefficient (Wildman–Crippen LogP) is 6.70. The third kappa shape index (κ3) is 4.84. The number of carboxylic acids is 1. The largest absolute Gasteiger partial charge is 0.481 e. The topological polar surface area (TPSA) is 69.6 Å². The first kappa shape index (κ1) is 22.2. The van der Waals surface area contributed by atoms with Crippen molar-refractivity contribution in [2.75, 3.05) is 16.8 Å². The summed E-state index contributed by atoms with van der Waals surface area (Å²) < 4.78 is 0. The number of carbonyl (C=O) groups is 2. The van der Waals surface area contributed by atoms with Crippen molar-refractivity contribution in [3.8, 4) is 11.1 Å². The molecule has 2 aliphatic rings. The molecule has 0 atom stereocenters. The van der Waals surface area contributed by atoms with E-state index in [9.17, 15) is 9.59 Å². The number of para-hydroxylation sites is 1. The van der Waals surface area contributed by atoms with Crippen molar-refractivity contribution in [1.82, 2.24) is 0 Å². The Hall–Kier alpha value is -3.60. The van der Waals surface area contributed by atoms with Gasteiger partial charge in [-0.25, -0.2) is 4.79 Å². The van der Waals surface area contributed by atoms with Crippen LogP contribution in [0.1, 0.15) is 49.1 Å². The first-order chi connectivity index (χ1) is 16.6. The van der Waals surface area contributed by atoms with Crippen LogP contribution in [0.2, 0.25) is 0 Å². The minimum absolute atomic E-state index is 0.0971. The number of benzene rings is 3. The van der Waals surface area contributed by atoms with Gasteiger partial charge < -0.3 is 10.4 Å². The Morgan fingerprint density at radius 1 is 0.882 bits per heavy atom. The maximum absolute atomic E-state index is 12.8. The highest BCUT2D eigenvalue weighted by atomic mass is 16.4. The molecule has 3 aromatic rings. The van der Waals surface area contributed by atoms with Crippen LogP contribution in [0.3, 0.4) is 0 Å². The number of hydrogen-bond acceptors (Lipinski definition) is 2. The number of carbonyl (C=O) groups excluding carboxylic acids is 1. The van der Waals surface area contributed by atoms with Gasteiger partial charge in [0.05, 0.1) is 0 Å². The number of fused-ring (bicyclic) bond motifs is 1. The molecule has 34 heavy (non-hydrogen) atoms. The van der Waals surface area contributed by atoms with Crippen LogP contribution in [-0.4, -0.2) is 23.7 Å². The van der Waals surface area contributed by atoms with Gasteiger partial charge in [-0.1, -0.05) is 48.5 Å². The van der Waals surface area contributed by atoms with Crippen LogP contribution >= 0.6 is 0 Å². The van der Waals surface area contributed by atoms with Gasteiger partial charge in [0.2, 0.25) is 0 Å². The molecule has 0 radical (unpaired) electrons. The Balaban J connectivity index is 1.24. The highest BCUT2D eigenvalue weighted by molar-refractivity contribution is 6.03. The molecule has 1 aliphatic carbocycles. The smallest absolute Gasteiger partial charge is 0.326 e. The highest BCUT2D eigenvalue weighted by Gasteiger charge is 2.26. The molecule has 5 nitrogen and oxygen atoms in total. The van der Waals surface area contributed by atoms with Crippen LogP contribution in [0.25, 0.3) is 11.1 Å². The van der Waals surface area contributed by atoms with E-state index in [-0.39, 0.29) is 6.03 Å². The van der Waals surface area contributed by atoms with Crippen molar-refractivity contribution in [1.29, 1.82) is 0 Å². The Morgan fingerprint density at radius 3 is 2.29 bits per heavy atom. The quantitative estimate of drug-likeness (QED) is 0.451. The van der Waals surface area contributed by atoms with E-state index in [0.717, 1.165) is 43.5 Å². The van der Waals surface area contributed by atoms with E-state index in [2.05, 4.69) is 47.8 Å². The van der Waals surface area contributed by atoms with E-state index in [0.29, 0.717) is 24.8 Å². The summed E-state index contributed by atoms with van der Waals surface area (Å²) in [5.41, 5.74) is 6.67. The van der Waals surface area contributed by atoms with Gasteiger partial charge in [-0.2, -0.15) is 0 Å². The molecule has 3 aromatic carbocycles. The third-order valence-corrected chi connectivity index (χ3v) is 7.27. The maximum Gasteiger partial charge on any atom is 0.326 e. The monoisotopic (exact) mass is 454 g/mol. The van der Waals surface area contributed by atoms with Gasteiger partial charge in [0, 0.05) is 24.3 Å². The lowest BCUT2D eigenvalue weighted by molar-refractivity contribution is -0.138.